The molecule has 0 unspecified atom stereocenters. The van der Waals surface area contributed by atoms with Crippen LogP contribution in [0.2, 0.25) is 10.0 Å². The van der Waals surface area contributed by atoms with Crippen molar-refractivity contribution in [2.75, 3.05) is 0 Å². The third-order valence-electron chi connectivity index (χ3n) is 3.28. The van der Waals surface area contributed by atoms with Crippen molar-refractivity contribution in [1.29, 1.82) is 0 Å². The summed E-state index contributed by atoms with van der Waals surface area (Å²) in [5.41, 5.74) is 3.91. The molecule has 0 saturated carbocycles. The molecule has 5 heteroatoms. The second-order valence-corrected chi connectivity index (χ2v) is 7.09. The van der Waals surface area contributed by atoms with Gasteiger partial charge >= 0.3 is 0 Å². The number of nitrogens with zero attached hydrogens (tertiary/aromatic N) is 2. The predicted octanol–water partition coefficient (Wildman–Crippen LogP) is 4.68. The maximum atomic E-state index is 6.26. The number of hydrogen-bond donors (Lipinski definition) is 1. The van der Waals surface area contributed by atoms with Gasteiger partial charge in [-0.1, -0.05) is 23.2 Å². The SMILES string of the molecule is Cc1nn(-c2ccc(Cl)cc2CNC(C)(C)C)c(C)c1Cl. The van der Waals surface area contributed by atoms with E-state index in [0.29, 0.717) is 5.02 Å². The molecule has 0 aliphatic rings. The van der Waals surface area contributed by atoms with Crippen molar-refractivity contribution < 1.29 is 0 Å². The van der Waals surface area contributed by atoms with Gasteiger partial charge in [0.1, 0.15) is 0 Å². The summed E-state index contributed by atoms with van der Waals surface area (Å²) in [6.07, 6.45) is 0. The number of aromatic nitrogens is 2. The van der Waals surface area contributed by atoms with Crippen LogP contribution >= 0.6 is 23.2 Å². The number of benzene rings is 1. The summed E-state index contributed by atoms with van der Waals surface area (Å²) in [6, 6.07) is 5.83. The van der Waals surface area contributed by atoms with Gasteiger partial charge in [0, 0.05) is 17.1 Å². The number of halogens is 2. The van der Waals surface area contributed by atoms with Crippen LogP contribution in [-0.2, 0) is 6.54 Å². The predicted molar refractivity (Wildman–Crippen MR) is 89.7 cm³/mol. The Bertz CT molecular complexity index is 654. The minimum absolute atomic E-state index is 0.0340. The van der Waals surface area contributed by atoms with Gasteiger partial charge in [0.2, 0.25) is 0 Å². The zero-order valence-corrected chi connectivity index (χ0v) is 14.6. The fourth-order valence-corrected chi connectivity index (χ4v) is 2.43. The van der Waals surface area contributed by atoms with Crippen molar-refractivity contribution >= 4 is 23.2 Å². The smallest absolute Gasteiger partial charge is 0.0848 e. The van der Waals surface area contributed by atoms with E-state index in [1.165, 1.54) is 0 Å². The van der Waals surface area contributed by atoms with Gasteiger partial charge in [0.15, 0.2) is 0 Å². The van der Waals surface area contributed by atoms with E-state index in [4.69, 9.17) is 23.2 Å². The summed E-state index contributed by atoms with van der Waals surface area (Å²) in [5.74, 6) is 0. The van der Waals surface area contributed by atoms with Crippen molar-refractivity contribution in [3.63, 3.8) is 0 Å². The lowest BCUT2D eigenvalue weighted by Gasteiger charge is -2.22. The van der Waals surface area contributed by atoms with Crippen LogP contribution in [0.4, 0.5) is 0 Å². The van der Waals surface area contributed by atoms with Crippen molar-refractivity contribution in [1.82, 2.24) is 15.1 Å². The molecule has 0 aliphatic carbocycles. The summed E-state index contributed by atoms with van der Waals surface area (Å²) >= 11 is 12.4. The fourth-order valence-electron chi connectivity index (χ4n) is 2.12. The van der Waals surface area contributed by atoms with E-state index in [9.17, 15) is 0 Å². The average molecular weight is 326 g/mol. The lowest BCUT2D eigenvalue weighted by atomic mass is 10.1. The lowest BCUT2D eigenvalue weighted by Crippen LogP contribution is -2.35. The van der Waals surface area contributed by atoms with Crippen LogP contribution in [0.25, 0.3) is 5.69 Å². The van der Waals surface area contributed by atoms with E-state index < -0.39 is 0 Å². The normalized spacial score (nSPS) is 12.0. The van der Waals surface area contributed by atoms with Crippen LogP contribution in [0.5, 0.6) is 0 Å². The molecule has 1 aromatic heterocycles. The van der Waals surface area contributed by atoms with Crippen molar-refractivity contribution in [2.45, 2.75) is 46.7 Å². The Hall–Kier alpha value is -1.03. The van der Waals surface area contributed by atoms with Gasteiger partial charge in [0.25, 0.3) is 0 Å². The molecule has 0 aliphatic heterocycles. The van der Waals surface area contributed by atoms with E-state index >= 15 is 0 Å². The third kappa shape index (κ3) is 3.79. The summed E-state index contributed by atoms with van der Waals surface area (Å²) in [7, 11) is 0. The molecular formula is C16H21Cl2N3. The maximum Gasteiger partial charge on any atom is 0.0848 e. The molecular weight excluding hydrogens is 305 g/mol. The van der Waals surface area contributed by atoms with E-state index in [-0.39, 0.29) is 5.54 Å². The second-order valence-electron chi connectivity index (χ2n) is 6.27. The fraction of sp³-hybridized carbons (Fsp3) is 0.438. The molecule has 0 radical (unpaired) electrons. The molecule has 0 atom stereocenters. The second kappa shape index (κ2) is 5.99. The highest BCUT2D eigenvalue weighted by Gasteiger charge is 2.16. The first-order chi connectivity index (χ1) is 9.69. The van der Waals surface area contributed by atoms with Gasteiger partial charge in [-0.15, -0.1) is 0 Å². The monoisotopic (exact) mass is 325 g/mol. The van der Waals surface area contributed by atoms with E-state index in [0.717, 1.165) is 34.2 Å². The molecule has 1 N–H and O–H groups in total. The highest BCUT2D eigenvalue weighted by Crippen LogP contribution is 2.26. The first kappa shape index (κ1) is 16.3. The zero-order chi connectivity index (χ0) is 15.8. The van der Waals surface area contributed by atoms with E-state index in [1.54, 1.807) is 0 Å². The largest absolute Gasteiger partial charge is 0.308 e. The van der Waals surface area contributed by atoms with Crippen molar-refractivity contribution in [2.24, 2.45) is 0 Å². The van der Waals surface area contributed by atoms with Crippen LogP contribution in [-0.4, -0.2) is 15.3 Å². The first-order valence-corrected chi connectivity index (χ1v) is 7.70. The molecule has 114 valence electrons. The highest BCUT2D eigenvalue weighted by atomic mass is 35.5. The Morgan fingerprint density at radius 1 is 1.19 bits per heavy atom. The molecule has 0 amide bonds. The Labute approximate surface area is 136 Å². The van der Waals surface area contributed by atoms with Gasteiger partial charge in [-0.3, -0.25) is 0 Å². The minimum atomic E-state index is 0.0340. The molecule has 0 bridgehead atoms. The Balaban J connectivity index is 2.46. The maximum absolute atomic E-state index is 6.26. The first-order valence-electron chi connectivity index (χ1n) is 6.94. The lowest BCUT2D eigenvalue weighted by molar-refractivity contribution is 0.424. The summed E-state index contributed by atoms with van der Waals surface area (Å²) < 4.78 is 1.88. The van der Waals surface area contributed by atoms with E-state index in [2.05, 4.69) is 31.2 Å². The molecule has 3 nitrogen and oxygen atoms in total. The highest BCUT2D eigenvalue weighted by molar-refractivity contribution is 6.32. The molecule has 1 heterocycles. The van der Waals surface area contributed by atoms with Crippen LogP contribution in [0, 0.1) is 13.8 Å². The van der Waals surface area contributed by atoms with Crippen molar-refractivity contribution in [3.8, 4) is 5.69 Å². The molecule has 1 aromatic carbocycles. The Morgan fingerprint density at radius 3 is 2.38 bits per heavy atom. The van der Waals surface area contributed by atoms with Gasteiger partial charge in [-0.05, 0) is 58.4 Å². The molecule has 2 aromatic rings. The number of hydrogen-bond acceptors (Lipinski definition) is 2. The van der Waals surface area contributed by atoms with Crippen LogP contribution in [0.15, 0.2) is 18.2 Å². The average Bonchev–Trinajstić information content (AvgIpc) is 2.63. The molecule has 0 spiro atoms. The number of nitrogens with one attached hydrogen (secondary N) is 1. The quantitative estimate of drug-likeness (QED) is 0.887. The molecule has 2 rings (SSSR count). The summed E-state index contributed by atoms with van der Waals surface area (Å²) in [5, 5.41) is 9.44. The topological polar surface area (TPSA) is 29.9 Å². The molecule has 0 saturated heterocycles. The van der Waals surface area contributed by atoms with Gasteiger partial charge in [-0.2, -0.15) is 5.10 Å². The minimum Gasteiger partial charge on any atom is -0.308 e. The number of rotatable bonds is 3. The molecule has 0 fully saturated rings. The Morgan fingerprint density at radius 2 is 1.86 bits per heavy atom. The van der Waals surface area contributed by atoms with Gasteiger partial charge in [-0.25, -0.2) is 4.68 Å². The van der Waals surface area contributed by atoms with Crippen LogP contribution in [0.1, 0.15) is 37.7 Å². The summed E-state index contributed by atoms with van der Waals surface area (Å²) in [6.45, 7) is 11.0. The van der Waals surface area contributed by atoms with Gasteiger partial charge in [0.05, 0.1) is 22.1 Å². The van der Waals surface area contributed by atoms with E-state index in [1.807, 2.05) is 36.7 Å². The third-order valence-corrected chi connectivity index (χ3v) is 4.06. The van der Waals surface area contributed by atoms with Crippen molar-refractivity contribution in [3.05, 3.63) is 45.2 Å². The number of aryl methyl sites for hydroxylation is 1. The molecule has 21 heavy (non-hydrogen) atoms. The van der Waals surface area contributed by atoms with Crippen LogP contribution in [0.3, 0.4) is 0 Å². The zero-order valence-electron chi connectivity index (χ0n) is 13.1. The standard InChI is InChI=1S/C16H21Cl2N3/c1-10-15(18)11(2)21(20-10)14-7-6-13(17)8-12(14)9-19-16(3,4)5/h6-8,19H,9H2,1-5H3. The summed E-state index contributed by atoms with van der Waals surface area (Å²) in [4.78, 5) is 0. The Kier molecular flexibility index (Phi) is 4.66. The van der Waals surface area contributed by atoms with Gasteiger partial charge < -0.3 is 5.32 Å². The van der Waals surface area contributed by atoms with Crippen LogP contribution < -0.4 is 5.32 Å².